The van der Waals surface area contributed by atoms with Gasteiger partial charge in [0.05, 0.1) is 12.5 Å². The van der Waals surface area contributed by atoms with E-state index in [1.165, 1.54) is 10.5 Å². The molecule has 1 saturated carbocycles. The first-order chi connectivity index (χ1) is 13.4. The van der Waals surface area contributed by atoms with Crippen LogP contribution in [0.3, 0.4) is 0 Å². The van der Waals surface area contributed by atoms with Gasteiger partial charge in [-0.3, -0.25) is 9.20 Å². The Bertz CT molecular complexity index is 1020. The average molecular weight is 396 g/mol. The van der Waals surface area contributed by atoms with E-state index in [0.717, 1.165) is 22.8 Å². The zero-order chi connectivity index (χ0) is 19.9. The Balaban J connectivity index is 1.61. The summed E-state index contributed by atoms with van der Waals surface area (Å²) in [7, 11) is 0. The van der Waals surface area contributed by atoms with Crippen LogP contribution >= 0.6 is 11.8 Å². The second kappa shape index (κ2) is 7.24. The number of carbonyl (C=O) groups excluding carboxylic acids is 1. The van der Waals surface area contributed by atoms with Crippen molar-refractivity contribution in [3.63, 3.8) is 0 Å². The molecule has 2 heterocycles. The van der Waals surface area contributed by atoms with Gasteiger partial charge in [-0.2, -0.15) is 0 Å². The fraction of sp³-hybridized carbons (Fsp3) is 0.409. The van der Waals surface area contributed by atoms with Gasteiger partial charge in [-0.1, -0.05) is 50.7 Å². The third kappa shape index (κ3) is 3.65. The number of hydrogen-bond donors (Lipinski definition) is 0. The largest absolute Gasteiger partial charge is 0.466 e. The van der Waals surface area contributed by atoms with Crippen molar-refractivity contribution in [2.24, 2.45) is 5.92 Å². The zero-order valence-electron chi connectivity index (χ0n) is 16.7. The molecule has 2 unspecified atom stereocenters. The maximum absolute atomic E-state index is 12.1. The van der Waals surface area contributed by atoms with Gasteiger partial charge in [-0.15, -0.1) is 10.2 Å². The molecule has 5 nitrogen and oxygen atoms in total. The quantitative estimate of drug-likeness (QED) is 0.578. The third-order valence-corrected chi connectivity index (χ3v) is 6.04. The van der Waals surface area contributed by atoms with Gasteiger partial charge in [-0.25, -0.2) is 0 Å². The maximum atomic E-state index is 12.1. The number of aromatic nitrogens is 3. The molecule has 146 valence electrons. The first-order valence-corrected chi connectivity index (χ1v) is 10.5. The van der Waals surface area contributed by atoms with Gasteiger partial charge in [0, 0.05) is 21.4 Å². The minimum Gasteiger partial charge on any atom is -0.466 e. The predicted molar refractivity (Wildman–Crippen MR) is 110 cm³/mol. The first kappa shape index (κ1) is 19.0. The van der Waals surface area contributed by atoms with Gasteiger partial charge in [0.15, 0.2) is 5.65 Å². The summed E-state index contributed by atoms with van der Waals surface area (Å²) in [5.41, 5.74) is 2.00. The molecular weight excluding hydrogens is 370 g/mol. The molecule has 1 aliphatic carbocycles. The minimum atomic E-state index is -0.0819. The van der Waals surface area contributed by atoms with Crippen molar-refractivity contribution in [3.05, 3.63) is 54.0 Å². The number of hydrogen-bond acceptors (Lipinski definition) is 5. The van der Waals surface area contributed by atoms with E-state index >= 15 is 0 Å². The topological polar surface area (TPSA) is 56.5 Å². The summed E-state index contributed by atoms with van der Waals surface area (Å²) >= 11 is 1.72. The predicted octanol–water partition coefficient (Wildman–Crippen LogP) is 4.84. The number of benzene rings is 1. The lowest BCUT2D eigenvalue weighted by Crippen LogP contribution is -2.15. The lowest BCUT2D eigenvalue weighted by molar-refractivity contribution is -0.144. The number of pyridine rings is 1. The molecule has 2 aromatic heterocycles. The molecule has 28 heavy (non-hydrogen) atoms. The fourth-order valence-electron chi connectivity index (χ4n) is 3.50. The standard InChI is InChI=1S/C22H25N3O2S/c1-5-27-20(26)17-12-16(17)15-8-6-7-9-18(15)28-14-10-11-19-23-24-21(22(2,3)4)25(19)13-14/h6-11,13,16-17H,5,12H2,1-4H3. The summed E-state index contributed by atoms with van der Waals surface area (Å²) in [6, 6.07) is 12.4. The van der Waals surface area contributed by atoms with Gasteiger partial charge >= 0.3 is 5.97 Å². The molecule has 0 saturated heterocycles. The van der Waals surface area contributed by atoms with Gasteiger partial charge in [0.1, 0.15) is 5.82 Å². The molecule has 0 bridgehead atoms. The lowest BCUT2D eigenvalue weighted by atomic mass is 9.96. The number of esters is 1. The van der Waals surface area contributed by atoms with E-state index in [1.54, 1.807) is 11.8 Å². The van der Waals surface area contributed by atoms with Crippen molar-refractivity contribution in [2.45, 2.75) is 55.2 Å². The summed E-state index contributed by atoms with van der Waals surface area (Å²) < 4.78 is 7.27. The second-order valence-corrected chi connectivity index (χ2v) is 9.32. The minimum absolute atomic E-state index is 0.00507. The van der Waals surface area contributed by atoms with Crippen LogP contribution in [0.25, 0.3) is 5.65 Å². The van der Waals surface area contributed by atoms with E-state index in [-0.39, 0.29) is 23.2 Å². The Morgan fingerprint density at radius 1 is 1.21 bits per heavy atom. The molecule has 1 aliphatic rings. The molecule has 0 N–H and O–H groups in total. The van der Waals surface area contributed by atoms with E-state index in [4.69, 9.17) is 4.74 Å². The summed E-state index contributed by atoms with van der Waals surface area (Å²) in [5.74, 6) is 1.12. The Morgan fingerprint density at radius 2 is 2.00 bits per heavy atom. The maximum Gasteiger partial charge on any atom is 0.309 e. The number of nitrogens with zero attached hydrogens (tertiary/aromatic N) is 3. The van der Waals surface area contributed by atoms with Crippen molar-refractivity contribution >= 4 is 23.4 Å². The summed E-state index contributed by atoms with van der Waals surface area (Å²) in [4.78, 5) is 14.4. The molecule has 6 heteroatoms. The third-order valence-electron chi connectivity index (χ3n) is 4.97. The van der Waals surface area contributed by atoms with E-state index in [0.29, 0.717) is 6.61 Å². The molecule has 1 aromatic carbocycles. The van der Waals surface area contributed by atoms with E-state index < -0.39 is 0 Å². The second-order valence-electron chi connectivity index (χ2n) is 8.21. The van der Waals surface area contributed by atoms with Crippen LogP contribution in [0.1, 0.15) is 51.4 Å². The van der Waals surface area contributed by atoms with Crippen molar-refractivity contribution in [1.29, 1.82) is 0 Å². The first-order valence-electron chi connectivity index (χ1n) is 9.67. The van der Waals surface area contributed by atoms with Gasteiger partial charge in [-0.05, 0) is 43.0 Å². The molecule has 4 rings (SSSR count). The smallest absolute Gasteiger partial charge is 0.309 e. The molecule has 2 atom stereocenters. The molecule has 0 aliphatic heterocycles. The molecule has 1 fully saturated rings. The van der Waals surface area contributed by atoms with Gasteiger partial charge < -0.3 is 4.74 Å². The zero-order valence-corrected chi connectivity index (χ0v) is 17.5. The monoisotopic (exact) mass is 395 g/mol. The van der Waals surface area contributed by atoms with Gasteiger partial charge in [0.25, 0.3) is 0 Å². The van der Waals surface area contributed by atoms with Crippen LogP contribution in [-0.2, 0) is 14.9 Å². The highest BCUT2D eigenvalue weighted by Crippen LogP contribution is 2.51. The fourth-order valence-corrected chi connectivity index (χ4v) is 4.53. The van der Waals surface area contributed by atoms with Crippen LogP contribution in [0.4, 0.5) is 0 Å². The molecule has 0 spiro atoms. The highest BCUT2D eigenvalue weighted by atomic mass is 32.2. The highest BCUT2D eigenvalue weighted by Gasteiger charge is 2.46. The molecular formula is C22H25N3O2S. The number of ether oxygens (including phenoxy) is 1. The lowest BCUT2D eigenvalue weighted by Gasteiger charge is -2.16. The molecule has 3 aromatic rings. The summed E-state index contributed by atoms with van der Waals surface area (Å²) in [6.07, 6.45) is 2.97. The Hall–Kier alpha value is -2.34. The van der Waals surface area contributed by atoms with E-state index in [1.807, 2.05) is 25.1 Å². The Kier molecular flexibility index (Phi) is 4.91. The normalized spacial score (nSPS) is 19.0. The van der Waals surface area contributed by atoms with Crippen molar-refractivity contribution < 1.29 is 9.53 Å². The van der Waals surface area contributed by atoms with Crippen LogP contribution in [0.2, 0.25) is 0 Å². The number of rotatable bonds is 5. The van der Waals surface area contributed by atoms with Crippen molar-refractivity contribution in [2.75, 3.05) is 6.61 Å². The van der Waals surface area contributed by atoms with Crippen molar-refractivity contribution in [1.82, 2.24) is 14.6 Å². The van der Waals surface area contributed by atoms with Crippen LogP contribution in [0.15, 0.2) is 52.4 Å². The Morgan fingerprint density at radius 3 is 2.75 bits per heavy atom. The van der Waals surface area contributed by atoms with Crippen LogP contribution < -0.4 is 0 Å². The van der Waals surface area contributed by atoms with Crippen molar-refractivity contribution in [3.8, 4) is 0 Å². The van der Waals surface area contributed by atoms with Crippen LogP contribution in [0, 0.1) is 5.92 Å². The van der Waals surface area contributed by atoms with Crippen LogP contribution in [0.5, 0.6) is 0 Å². The average Bonchev–Trinajstić information content (AvgIpc) is 3.33. The molecule has 0 amide bonds. The van der Waals surface area contributed by atoms with Crippen LogP contribution in [-0.4, -0.2) is 27.2 Å². The summed E-state index contributed by atoms with van der Waals surface area (Å²) in [5, 5.41) is 8.66. The van der Waals surface area contributed by atoms with E-state index in [9.17, 15) is 4.79 Å². The molecule has 0 radical (unpaired) electrons. The van der Waals surface area contributed by atoms with E-state index in [2.05, 4.69) is 59.8 Å². The highest BCUT2D eigenvalue weighted by molar-refractivity contribution is 7.99. The number of carbonyl (C=O) groups is 1. The number of fused-ring (bicyclic) bond motifs is 1. The summed E-state index contributed by atoms with van der Waals surface area (Å²) in [6.45, 7) is 8.71. The van der Waals surface area contributed by atoms with Gasteiger partial charge in [0.2, 0.25) is 0 Å². The Labute approximate surface area is 169 Å². The SMILES string of the molecule is CCOC(=O)C1CC1c1ccccc1Sc1ccc2nnc(C(C)(C)C)n2c1.